The van der Waals surface area contributed by atoms with Gasteiger partial charge in [0.25, 0.3) is 0 Å². The van der Waals surface area contributed by atoms with Crippen molar-refractivity contribution < 1.29 is 9.63 Å². The number of rotatable bonds is 3. The van der Waals surface area contributed by atoms with Crippen molar-refractivity contribution in [1.82, 2.24) is 10.1 Å². The summed E-state index contributed by atoms with van der Waals surface area (Å²) >= 11 is 0. The average molecular weight is 287 g/mol. The minimum atomic E-state index is -0.386. The predicted molar refractivity (Wildman–Crippen MR) is 80.1 cm³/mol. The monoisotopic (exact) mass is 287 g/mol. The van der Waals surface area contributed by atoms with E-state index in [0.717, 1.165) is 30.6 Å². The summed E-state index contributed by atoms with van der Waals surface area (Å²) < 4.78 is 5.27. The topological polar surface area (TPSA) is 62.4 Å². The van der Waals surface area contributed by atoms with Crippen LogP contribution >= 0.6 is 0 Å². The molecule has 1 unspecified atom stereocenters. The van der Waals surface area contributed by atoms with Gasteiger partial charge in [0.1, 0.15) is 0 Å². The minimum Gasteiger partial charge on any atom is -0.388 e. The van der Waals surface area contributed by atoms with E-state index in [2.05, 4.69) is 15.0 Å². The number of hydrogen-bond acceptors (Lipinski definition) is 5. The van der Waals surface area contributed by atoms with Crippen LogP contribution in [0.25, 0.3) is 0 Å². The van der Waals surface area contributed by atoms with Crippen molar-refractivity contribution in [3.63, 3.8) is 0 Å². The molecule has 112 valence electrons. The van der Waals surface area contributed by atoms with Gasteiger partial charge in [0.2, 0.25) is 5.89 Å². The smallest absolute Gasteiger partial charge is 0.229 e. The molecule has 2 heterocycles. The van der Waals surface area contributed by atoms with Crippen LogP contribution in [0.4, 0.5) is 5.69 Å². The van der Waals surface area contributed by atoms with Crippen molar-refractivity contribution in [1.29, 1.82) is 0 Å². The third-order valence-electron chi connectivity index (χ3n) is 3.85. The molecule has 0 aliphatic carbocycles. The lowest BCUT2D eigenvalue weighted by molar-refractivity contribution is 0.168. The van der Waals surface area contributed by atoms with Crippen molar-refractivity contribution in [3.05, 3.63) is 41.5 Å². The highest BCUT2D eigenvalue weighted by Gasteiger charge is 2.22. The Morgan fingerprint density at radius 1 is 1.38 bits per heavy atom. The second kappa shape index (κ2) is 5.85. The maximum absolute atomic E-state index is 10.2. The maximum atomic E-state index is 10.2. The molecule has 0 saturated heterocycles. The van der Waals surface area contributed by atoms with Crippen molar-refractivity contribution in [2.24, 2.45) is 0 Å². The van der Waals surface area contributed by atoms with Gasteiger partial charge in [-0.05, 0) is 18.9 Å². The largest absolute Gasteiger partial charge is 0.388 e. The van der Waals surface area contributed by atoms with E-state index in [-0.39, 0.29) is 12.0 Å². The van der Waals surface area contributed by atoms with E-state index in [1.165, 1.54) is 0 Å². The Morgan fingerprint density at radius 2 is 2.19 bits per heavy atom. The number of hydrogen-bond donors (Lipinski definition) is 1. The fourth-order valence-electron chi connectivity index (χ4n) is 2.71. The van der Waals surface area contributed by atoms with Crippen LogP contribution in [0.5, 0.6) is 0 Å². The van der Waals surface area contributed by atoms with Crippen LogP contribution in [-0.2, 0) is 6.54 Å². The van der Waals surface area contributed by atoms with E-state index in [1.54, 1.807) is 0 Å². The van der Waals surface area contributed by atoms with Crippen molar-refractivity contribution in [2.75, 3.05) is 11.4 Å². The first-order valence-electron chi connectivity index (χ1n) is 7.49. The lowest BCUT2D eigenvalue weighted by Crippen LogP contribution is -2.24. The van der Waals surface area contributed by atoms with Crippen LogP contribution < -0.4 is 4.90 Å². The summed E-state index contributed by atoms with van der Waals surface area (Å²) in [5.74, 6) is 1.61. The number of nitrogens with zero attached hydrogens (tertiary/aromatic N) is 3. The molecule has 0 saturated carbocycles. The molecule has 1 atom stereocenters. The van der Waals surface area contributed by atoms with Crippen molar-refractivity contribution in [2.45, 2.75) is 45.3 Å². The quantitative estimate of drug-likeness (QED) is 0.940. The summed E-state index contributed by atoms with van der Waals surface area (Å²) in [6.45, 7) is 5.57. The van der Waals surface area contributed by atoms with Crippen molar-refractivity contribution >= 4 is 5.69 Å². The molecule has 1 aliphatic heterocycles. The Labute approximate surface area is 124 Å². The second-order valence-corrected chi connectivity index (χ2v) is 5.84. The summed E-state index contributed by atoms with van der Waals surface area (Å²) in [5.41, 5.74) is 2.06. The summed E-state index contributed by atoms with van der Waals surface area (Å²) in [6, 6.07) is 8.01. The molecular formula is C16H21N3O2. The van der Waals surface area contributed by atoms with Gasteiger partial charge in [-0.2, -0.15) is 4.98 Å². The number of benzene rings is 1. The van der Waals surface area contributed by atoms with Gasteiger partial charge in [-0.25, -0.2) is 0 Å². The summed E-state index contributed by atoms with van der Waals surface area (Å²) in [6.07, 6.45) is 1.35. The number of anilines is 1. The van der Waals surface area contributed by atoms with Gasteiger partial charge in [-0.1, -0.05) is 37.2 Å². The van der Waals surface area contributed by atoms with Gasteiger partial charge < -0.3 is 14.5 Å². The van der Waals surface area contributed by atoms with Gasteiger partial charge >= 0.3 is 0 Å². The summed E-state index contributed by atoms with van der Waals surface area (Å²) in [7, 11) is 0. The Balaban J connectivity index is 1.85. The van der Waals surface area contributed by atoms with Gasteiger partial charge in [0.15, 0.2) is 5.82 Å². The Bertz CT molecular complexity index is 609. The second-order valence-electron chi connectivity index (χ2n) is 5.84. The highest BCUT2D eigenvalue weighted by molar-refractivity contribution is 5.55. The maximum Gasteiger partial charge on any atom is 0.229 e. The van der Waals surface area contributed by atoms with Crippen molar-refractivity contribution in [3.8, 4) is 0 Å². The summed E-state index contributed by atoms with van der Waals surface area (Å²) in [4.78, 5) is 6.67. The molecule has 1 aromatic carbocycles. The zero-order chi connectivity index (χ0) is 14.8. The van der Waals surface area contributed by atoms with E-state index in [4.69, 9.17) is 4.52 Å². The molecule has 0 spiro atoms. The highest BCUT2D eigenvalue weighted by atomic mass is 16.5. The van der Waals surface area contributed by atoms with Crippen LogP contribution in [-0.4, -0.2) is 21.8 Å². The zero-order valence-electron chi connectivity index (χ0n) is 12.5. The van der Waals surface area contributed by atoms with Gasteiger partial charge in [-0.15, -0.1) is 0 Å². The molecule has 3 rings (SSSR count). The standard InChI is InChI=1S/C16H21N3O2/c1-11(2)16-17-15(18-21-16)10-19-9-5-8-14(20)12-6-3-4-7-13(12)19/h3-4,6-7,11,14,20H,5,8-10H2,1-2H3. The molecule has 2 aromatic rings. The first-order chi connectivity index (χ1) is 10.1. The molecule has 1 aromatic heterocycles. The van der Waals surface area contributed by atoms with Crippen LogP contribution in [0.2, 0.25) is 0 Å². The number of aromatic nitrogens is 2. The molecule has 5 heteroatoms. The average Bonchev–Trinajstić information content (AvgIpc) is 2.89. The first kappa shape index (κ1) is 14.1. The SMILES string of the molecule is CC(C)c1nc(CN2CCCC(O)c3ccccc32)no1. The molecule has 0 fully saturated rings. The first-order valence-corrected chi connectivity index (χ1v) is 7.49. The molecule has 1 N–H and O–H groups in total. The lowest BCUT2D eigenvalue weighted by atomic mass is 10.0. The predicted octanol–water partition coefficient (Wildman–Crippen LogP) is 3.03. The van der Waals surface area contributed by atoms with Gasteiger partial charge in [0.05, 0.1) is 12.6 Å². The van der Waals surface area contributed by atoms with E-state index in [1.807, 2.05) is 38.1 Å². The minimum absolute atomic E-state index is 0.240. The number of fused-ring (bicyclic) bond motifs is 1. The molecule has 1 aliphatic rings. The Hall–Kier alpha value is -1.88. The van der Waals surface area contributed by atoms with Crippen LogP contribution in [0.15, 0.2) is 28.8 Å². The van der Waals surface area contributed by atoms with Crippen LogP contribution in [0.1, 0.15) is 56.0 Å². The van der Waals surface area contributed by atoms with E-state index < -0.39 is 0 Å². The lowest BCUT2D eigenvalue weighted by Gasteiger charge is -2.23. The molecule has 5 nitrogen and oxygen atoms in total. The Morgan fingerprint density at radius 3 is 2.95 bits per heavy atom. The normalized spacial score (nSPS) is 18.7. The fraction of sp³-hybridized carbons (Fsp3) is 0.500. The number of para-hydroxylation sites is 1. The summed E-state index contributed by atoms with van der Waals surface area (Å²) in [5, 5.41) is 14.3. The van der Waals surface area contributed by atoms with Crippen LogP contribution in [0.3, 0.4) is 0 Å². The zero-order valence-corrected chi connectivity index (χ0v) is 12.5. The van der Waals surface area contributed by atoms with E-state index in [0.29, 0.717) is 18.3 Å². The molecular weight excluding hydrogens is 266 g/mol. The third kappa shape index (κ3) is 2.93. The molecule has 0 bridgehead atoms. The molecule has 0 radical (unpaired) electrons. The van der Waals surface area contributed by atoms with Gasteiger partial charge in [-0.3, -0.25) is 0 Å². The van der Waals surface area contributed by atoms with Crippen LogP contribution in [0, 0.1) is 0 Å². The number of aliphatic hydroxyl groups excluding tert-OH is 1. The molecule has 21 heavy (non-hydrogen) atoms. The van der Waals surface area contributed by atoms with Gasteiger partial charge in [0, 0.05) is 23.7 Å². The Kier molecular flexibility index (Phi) is 3.92. The fourth-order valence-corrected chi connectivity index (χ4v) is 2.71. The van der Waals surface area contributed by atoms with E-state index >= 15 is 0 Å². The highest BCUT2D eigenvalue weighted by Crippen LogP contribution is 2.33. The third-order valence-corrected chi connectivity index (χ3v) is 3.85. The number of aliphatic hydroxyl groups is 1. The van der Waals surface area contributed by atoms with E-state index in [9.17, 15) is 5.11 Å². The molecule has 0 amide bonds.